The molecule has 0 saturated carbocycles. The van der Waals surface area contributed by atoms with Crippen LogP contribution in [0.2, 0.25) is 0 Å². The lowest BCUT2D eigenvalue weighted by Gasteiger charge is -2.23. The summed E-state index contributed by atoms with van der Waals surface area (Å²) in [4.78, 5) is 21.4. The van der Waals surface area contributed by atoms with E-state index in [2.05, 4.69) is 20.4 Å². The molecule has 1 amide bonds. The van der Waals surface area contributed by atoms with Crippen molar-refractivity contribution in [3.05, 3.63) is 54.0 Å². The highest BCUT2D eigenvalue weighted by Crippen LogP contribution is 2.28. The van der Waals surface area contributed by atoms with Gasteiger partial charge in [0.2, 0.25) is 5.95 Å². The van der Waals surface area contributed by atoms with Gasteiger partial charge in [0.05, 0.1) is 18.4 Å². The number of rotatable bonds is 6. The number of ether oxygens (including phenoxy) is 1. The van der Waals surface area contributed by atoms with Crippen molar-refractivity contribution in [3.8, 4) is 11.1 Å². The van der Waals surface area contributed by atoms with Crippen molar-refractivity contribution >= 4 is 17.9 Å². The highest BCUT2D eigenvalue weighted by Gasteiger charge is 2.38. The molecular weight excluding hydrogens is 406 g/mol. The molecule has 1 unspecified atom stereocenters. The van der Waals surface area contributed by atoms with E-state index in [1.807, 2.05) is 13.8 Å². The molecule has 1 atom stereocenters. The SMILES string of the molecule is CC(C)C1COC(=O)N1c1nc(NCc2ccc(-c3cnn(C)c3)cc2F)ncc1F. The molecule has 0 radical (unpaired) electrons. The van der Waals surface area contributed by atoms with E-state index in [0.717, 1.165) is 11.8 Å². The van der Waals surface area contributed by atoms with E-state index < -0.39 is 17.7 Å². The summed E-state index contributed by atoms with van der Waals surface area (Å²) < 4.78 is 35.7. The first kappa shape index (κ1) is 20.7. The number of carbonyl (C=O) groups excluding carboxylic acids is 1. The van der Waals surface area contributed by atoms with Gasteiger partial charge < -0.3 is 10.1 Å². The van der Waals surface area contributed by atoms with Gasteiger partial charge in [-0.25, -0.2) is 18.6 Å². The Hall–Kier alpha value is -3.56. The topological polar surface area (TPSA) is 85.2 Å². The van der Waals surface area contributed by atoms with E-state index in [-0.39, 0.29) is 36.9 Å². The molecule has 3 aromatic rings. The van der Waals surface area contributed by atoms with Crippen LogP contribution in [0.15, 0.2) is 36.8 Å². The molecule has 0 bridgehead atoms. The smallest absolute Gasteiger partial charge is 0.416 e. The van der Waals surface area contributed by atoms with Crippen LogP contribution >= 0.6 is 0 Å². The number of cyclic esters (lactones) is 1. The third-order valence-corrected chi connectivity index (χ3v) is 5.16. The van der Waals surface area contributed by atoms with Crippen LogP contribution in [0, 0.1) is 17.6 Å². The van der Waals surface area contributed by atoms with Crippen molar-refractivity contribution in [2.75, 3.05) is 16.8 Å². The summed E-state index contributed by atoms with van der Waals surface area (Å²) in [6, 6.07) is 4.55. The maximum absolute atomic E-state index is 14.6. The number of hydrogen-bond donors (Lipinski definition) is 1. The third kappa shape index (κ3) is 4.18. The maximum atomic E-state index is 14.6. The number of anilines is 2. The zero-order valence-electron chi connectivity index (χ0n) is 17.3. The van der Waals surface area contributed by atoms with Gasteiger partial charge in [-0.15, -0.1) is 0 Å². The molecule has 1 N–H and O–H groups in total. The summed E-state index contributed by atoms with van der Waals surface area (Å²) in [5, 5.41) is 6.98. The minimum Gasteiger partial charge on any atom is -0.447 e. The first-order chi connectivity index (χ1) is 14.8. The standard InChI is InChI=1S/C21H22F2N6O2/c1-12(2)18-11-31-21(30)29(18)19-17(23)9-25-20(27-19)24-7-14-5-4-13(6-16(14)22)15-8-26-28(3)10-15/h4-6,8-10,12,18H,7,11H2,1-3H3,(H,24,25,27). The van der Waals surface area contributed by atoms with Gasteiger partial charge in [0, 0.05) is 30.9 Å². The molecule has 1 fully saturated rings. The number of halogens is 2. The van der Waals surface area contributed by atoms with Crippen LogP contribution in [0.5, 0.6) is 0 Å². The molecule has 1 aliphatic heterocycles. The maximum Gasteiger partial charge on any atom is 0.416 e. The van der Waals surface area contributed by atoms with Crippen molar-refractivity contribution < 1.29 is 18.3 Å². The first-order valence-corrected chi connectivity index (χ1v) is 9.83. The van der Waals surface area contributed by atoms with E-state index in [4.69, 9.17) is 4.74 Å². The summed E-state index contributed by atoms with van der Waals surface area (Å²) in [7, 11) is 1.79. The lowest BCUT2D eigenvalue weighted by molar-refractivity contribution is 0.177. The first-order valence-electron chi connectivity index (χ1n) is 9.83. The quantitative estimate of drug-likeness (QED) is 0.644. The molecule has 10 heteroatoms. The summed E-state index contributed by atoms with van der Waals surface area (Å²) >= 11 is 0. The molecule has 2 aromatic heterocycles. The van der Waals surface area contributed by atoms with Crippen molar-refractivity contribution in [1.29, 1.82) is 0 Å². The van der Waals surface area contributed by atoms with Crippen LogP contribution < -0.4 is 10.2 Å². The minimum atomic E-state index is -0.734. The van der Waals surface area contributed by atoms with E-state index in [9.17, 15) is 13.6 Å². The summed E-state index contributed by atoms with van der Waals surface area (Å²) in [6.07, 6.45) is 3.79. The molecule has 1 saturated heterocycles. The highest BCUT2D eigenvalue weighted by atomic mass is 19.1. The summed E-state index contributed by atoms with van der Waals surface area (Å²) in [5.74, 6) is -1.17. The molecule has 162 valence electrons. The number of nitrogens with zero attached hydrogens (tertiary/aromatic N) is 5. The third-order valence-electron chi connectivity index (χ3n) is 5.16. The zero-order valence-corrected chi connectivity index (χ0v) is 17.3. The zero-order chi connectivity index (χ0) is 22.1. The van der Waals surface area contributed by atoms with Crippen LogP contribution in [-0.2, 0) is 18.3 Å². The minimum absolute atomic E-state index is 0.0460. The van der Waals surface area contributed by atoms with Crippen LogP contribution in [0.1, 0.15) is 19.4 Å². The van der Waals surface area contributed by atoms with Crippen molar-refractivity contribution in [3.63, 3.8) is 0 Å². The fraction of sp³-hybridized carbons (Fsp3) is 0.333. The Balaban J connectivity index is 1.52. The van der Waals surface area contributed by atoms with Crippen LogP contribution in [-0.4, -0.2) is 38.5 Å². The predicted molar refractivity (Wildman–Crippen MR) is 110 cm³/mol. The van der Waals surface area contributed by atoms with E-state index in [0.29, 0.717) is 11.1 Å². The highest BCUT2D eigenvalue weighted by molar-refractivity contribution is 5.89. The number of aromatic nitrogens is 4. The second-order valence-electron chi connectivity index (χ2n) is 7.69. The van der Waals surface area contributed by atoms with Gasteiger partial charge >= 0.3 is 6.09 Å². The van der Waals surface area contributed by atoms with Crippen LogP contribution in [0.4, 0.5) is 25.3 Å². The largest absolute Gasteiger partial charge is 0.447 e. The molecular formula is C21H22F2N6O2. The molecule has 8 nitrogen and oxygen atoms in total. The monoisotopic (exact) mass is 428 g/mol. The number of aryl methyl sites for hydroxylation is 1. The number of hydrogen-bond acceptors (Lipinski definition) is 6. The molecule has 0 aliphatic carbocycles. The fourth-order valence-electron chi connectivity index (χ4n) is 3.40. The van der Waals surface area contributed by atoms with Crippen molar-refractivity contribution in [1.82, 2.24) is 19.7 Å². The van der Waals surface area contributed by atoms with Crippen molar-refractivity contribution in [2.24, 2.45) is 13.0 Å². The Morgan fingerprint density at radius 3 is 2.71 bits per heavy atom. The Labute approximate surface area is 177 Å². The number of nitrogens with one attached hydrogen (secondary N) is 1. The van der Waals surface area contributed by atoms with Crippen molar-refractivity contribution in [2.45, 2.75) is 26.4 Å². The van der Waals surface area contributed by atoms with Crippen LogP contribution in [0.3, 0.4) is 0 Å². The van der Waals surface area contributed by atoms with Gasteiger partial charge in [0.15, 0.2) is 11.6 Å². The molecule has 0 spiro atoms. The molecule has 31 heavy (non-hydrogen) atoms. The lowest BCUT2D eigenvalue weighted by Crippen LogP contribution is -2.38. The van der Waals surface area contributed by atoms with Gasteiger partial charge in [-0.05, 0) is 17.5 Å². The second kappa shape index (κ2) is 8.29. The van der Waals surface area contributed by atoms with Gasteiger partial charge in [-0.1, -0.05) is 26.0 Å². The average Bonchev–Trinajstić information content (AvgIpc) is 3.34. The number of benzene rings is 1. The van der Waals surface area contributed by atoms with E-state index in [1.165, 1.54) is 11.0 Å². The second-order valence-corrected chi connectivity index (χ2v) is 7.69. The van der Waals surface area contributed by atoms with Gasteiger partial charge in [0.25, 0.3) is 0 Å². The Bertz CT molecular complexity index is 1120. The Morgan fingerprint density at radius 1 is 1.23 bits per heavy atom. The predicted octanol–water partition coefficient (Wildman–Crippen LogP) is 3.75. The average molecular weight is 428 g/mol. The molecule has 1 aromatic carbocycles. The molecule has 3 heterocycles. The van der Waals surface area contributed by atoms with Gasteiger partial charge in [-0.3, -0.25) is 9.58 Å². The summed E-state index contributed by atoms with van der Waals surface area (Å²) in [5.41, 5.74) is 1.91. The van der Waals surface area contributed by atoms with Gasteiger partial charge in [0.1, 0.15) is 12.4 Å². The molecule has 4 rings (SSSR count). The van der Waals surface area contributed by atoms with Gasteiger partial charge in [-0.2, -0.15) is 10.1 Å². The van der Waals surface area contributed by atoms with Crippen LogP contribution in [0.25, 0.3) is 11.1 Å². The number of amides is 1. The summed E-state index contributed by atoms with van der Waals surface area (Å²) in [6.45, 7) is 4.07. The van der Waals surface area contributed by atoms with E-state index in [1.54, 1.807) is 36.3 Å². The fourth-order valence-corrected chi connectivity index (χ4v) is 3.40. The molecule has 1 aliphatic rings. The lowest BCUT2D eigenvalue weighted by atomic mass is 10.0. The normalized spacial score (nSPS) is 16.1. The Morgan fingerprint density at radius 2 is 2.03 bits per heavy atom. The Kier molecular flexibility index (Phi) is 5.53. The number of carbonyl (C=O) groups is 1. The van der Waals surface area contributed by atoms with E-state index >= 15 is 0 Å².